The molecule has 4 aromatic carbocycles. The molecule has 1 aliphatic heterocycles. The summed E-state index contributed by atoms with van der Waals surface area (Å²) in [6.07, 6.45) is 4.70. The molecule has 0 aliphatic carbocycles. The van der Waals surface area contributed by atoms with Crippen molar-refractivity contribution in [1.82, 2.24) is 0 Å². The second kappa shape index (κ2) is 13.2. The van der Waals surface area contributed by atoms with Gasteiger partial charge in [0.1, 0.15) is 7.57 Å². The molecule has 5 rings (SSSR count). The Morgan fingerprint density at radius 2 is 0.795 bits per heavy atom. The molecule has 228 valence electrons. The molecule has 2 nitrogen and oxygen atoms in total. The molecule has 1 aliphatic rings. The molecule has 0 spiro atoms. The highest BCUT2D eigenvalue weighted by Gasteiger charge is 2.36. The maximum atomic E-state index is 2.74. The van der Waals surface area contributed by atoms with Crippen LogP contribution in [0.4, 0.5) is 11.4 Å². The van der Waals surface area contributed by atoms with Crippen molar-refractivity contribution in [2.75, 3.05) is 9.80 Å². The van der Waals surface area contributed by atoms with E-state index in [9.17, 15) is 0 Å². The average molecular weight is 601 g/mol. The maximum Gasteiger partial charge on any atom is 0.154 e. The van der Waals surface area contributed by atoms with Gasteiger partial charge in [0.25, 0.3) is 0 Å². The molecule has 4 aromatic rings. The number of nitrogens with zero attached hydrogens (tertiary/aromatic N) is 2. The molecular formula is C40H50BN2P. The van der Waals surface area contributed by atoms with Crippen molar-refractivity contribution in [3.63, 3.8) is 0 Å². The summed E-state index contributed by atoms with van der Waals surface area (Å²) in [7, 11) is -1.88. The van der Waals surface area contributed by atoms with Gasteiger partial charge in [0, 0.05) is 12.4 Å². The van der Waals surface area contributed by atoms with Gasteiger partial charge in [-0.1, -0.05) is 135 Å². The lowest BCUT2D eigenvalue weighted by Crippen LogP contribution is -2.29. The molecule has 0 N–H and O–H groups in total. The van der Waals surface area contributed by atoms with Crippen molar-refractivity contribution in [2.24, 2.45) is 0 Å². The Morgan fingerprint density at radius 3 is 1.09 bits per heavy atom. The Balaban J connectivity index is 1.87. The lowest BCUT2D eigenvalue weighted by molar-refractivity contribution is 0.820. The van der Waals surface area contributed by atoms with Crippen molar-refractivity contribution in [3.05, 3.63) is 143 Å². The fourth-order valence-electron chi connectivity index (χ4n) is 6.08. The van der Waals surface area contributed by atoms with Crippen molar-refractivity contribution in [3.8, 4) is 0 Å². The van der Waals surface area contributed by atoms with Crippen LogP contribution >= 0.6 is 7.14 Å². The highest BCUT2D eigenvalue weighted by atomic mass is 31.2. The molecule has 0 aromatic heterocycles. The van der Waals surface area contributed by atoms with Crippen LogP contribution in [0.3, 0.4) is 0 Å². The molecule has 0 radical (unpaired) electrons. The third-order valence-corrected chi connectivity index (χ3v) is 10.5. The van der Waals surface area contributed by atoms with Crippen LogP contribution in [0.25, 0.3) is 0 Å². The second-order valence-corrected chi connectivity index (χ2v) is 14.8. The zero-order valence-corrected chi connectivity index (χ0v) is 28.0. The standard InChI is InChI=1S/C40H50BN2P/c1-28(2)34-21-15-22-35(29(3)4)39(34)42-25-26-43(40-36(30(5)6)23-16-24-37(40)31(7)8)38(42)27-44(41,32-17-11-9-12-18-32)33-19-13-10-14-20-33/h9-31H,1-8,41H3. The average Bonchev–Trinajstić information content (AvgIpc) is 3.43. The first kappa shape index (κ1) is 31.9. The van der Waals surface area contributed by atoms with E-state index in [1.54, 1.807) is 0 Å². The number of hydrogen-bond donors (Lipinski definition) is 0. The Morgan fingerprint density at radius 1 is 0.477 bits per heavy atom. The number of benzene rings is 4. The number of para-hydroxylation sites is 2. The summed E-state index contributed by atoms with van der Waals surface area (Å²) in [6, 6.07) is 36.6. The number of anilines is 2. The quantitative estimate of drug-likeness (QED) is 0.139. The molecular weight excluding hydrogens is 550 g/mol. The Labute approximate surface area is 268 Å². The molecule has 0 amide bonds. The highest BCUT2D eigenvalue weighted by Crippen LogP contribution is 2.56. The summed E-state index contributed by atoms with van der Waals surface area (Å²) in [6.45, 7) is 18.7. The van der Waals surface area contributed by atoms with E-state index in [1.165, 1.54) is 50.1 Å². The Kier molecular flexibility index (Phi) is 9.57. The lowest BCUT2D eigenvalue weighted by Gasteiger charge is -2.35. The topological polar surface area (TPSA) is 6.48 Å². The van der Waals surface area contributed by atoms with Crippen LogP contribution < -0.4 is 20.4 Å². The summed E-state index contributed by atoms with van der Waals surface area (Å²) >= 11 is 0. The van der Waals surface area contributed by atoms with E-state index in [2.05, 4.69) is 180 Å². The first-order valence-electron chi connectivity index (χ1n) is 15.8. The van der Waals surface area contributed by atoms with Gasteiger partial charge in [0.05, 0.1) is 27.8 Å². The van der Waals surface area contributed by atoms with Gasteiger partial charge in [-0.3, -0.25) is 9.80 Å². The van der Waals surface area contributed by atoms with Crippen LogP contribution in [0, 0.1) is 0 Å². The van der Waals surface area contributed by atoms with Crippen molar-refractivity contribution < 1.29 is 0 Å². The minimum absolute atomic E-state index is 0.152. The number of rotatable bonds is 9. The fourth-order valence-corrected chi connectivity index (χ4v) is 8.14. The molecule has 0 unspecified atom stereocenters. The first-order chi connectivity index (χ1) is 21.0. The molecule has 0 saturated carbocycles. The van der Waals surface area contributed by atoms with Gasteiger partial charge in [0.2, 0.25) is 0 Å². The third kappa shape index (κ3) is 6.05. The fraction of sp³-hybridized carbons (Fsp3) is 0.300. The summed E-state index contributed by atoms with van der Waals surface area (Å²) < 4.78 is 0. The van der Waals surface area contributed by atoms with E-state index in [0.717, 1.165) is 0 Å². The normalized spacial score (nSPS) is 13.7. The molecule has 44 heavy (non-hydrogen) atoms. The van der Waals surface area contributed by atoms with Crippen molar-refractivity contribution in [1.29, 1.82) is 0 Å². The van der Waals surface area contributed by atoms with Crippen LogP contribution in [0.5, 0.6) is 0 Å². The van der Waals surface area contributed by atoms with Crippen LogP contribution in [0.2, 0.25) is 0 Å². The third-order valence-electron chi connectivity index (χ3n) is 8.34. The largest absolute Gasteiger partial charge is 0.298 e. The summed E-state index contributed by atoms with van der Waals surface area (Å²) in [5.74, 6) is 5.66. The summed E-state index contributed by atoms with van der Waals surface area (Å²) in [5.41, 5.74) is 8.32. The van der Waals surface area contributed by atoms with E-state index < -0.39 is 7.14 Å². The monoisotopic (exact) mass is 600 g/mol. The predicted octanol–water partition coefficient (Wildman–Crippen LogP) is 9.73. The van der Waals surface area contributed by atoms with Crippen molar-refractivity contribution in [2.45, 2.75) is 79.1 Å². The van der Waals surface area contributed by atoms with E-state index in [0.29, 0.717) is 23.7 Å². The predicted molar refractivity (Wildman–Crippen MR) is 200 cm³/mol. The zero-order valence-electron chi connectivity index (χ0n) is 27.1. The zero-order chi connectivity index (χ0) is 31.6. The van der Waals surface area contributed by atoms with Gasteiger partial charge >= 0.3 is 0 Å². The van der Waals surface area contributed by atoms with Crippen molar-refractivity contribution >= 4 is 36.7 Å². The summed E-state index contributed by atoms with van der Waals surface area (Å²) in [4.78, 5) is 5.10. The van der Waals surface area contributed by atoms with Gasteiger partial charge in [-0.2, -0.15) is 0 Å². The first-order valence-corrected chi connectivity index (χ1v) is 17.2. The number of hydrogen-bond acceptors (Lipinski definition) is 2. The Hall–Kier alpha value is -3.55. The van der Waals surface area contributed by atoms with Crippen LogP contribution in [-0.4, -0.2) is 7.57 Å². The minimum Gasteiger partial charge on any atom is -0.298 e. The van der Waals surface area contributed by atoms with E-state index in [-0.39, 0.29) is 7.57 Å². The smallest absolute Gasteiger partial charge is 0.154 e. The lowest BCUT2D eigenvalue weighted by atomic mass is 9.91. The van der Waals surface area contributed by atoms with E-state index in [1.807, 2.05) is 0 Å². The molecule has 1 heterocycles. The molecule has 0 bridgehead atoms. The van der Waals surface area contributed by atoms with Gasteiger partial charge in [-0.05, 0) is 70.2 Å². The molecule has 4 heteroatoms. The highest BCUT2D eigenvalue weighted by molar-refractivity contribution is 8.10. The summed E-state index contributed by atoms with van der Waals surface area (Å²) in [5, 5.41) is 2.99. The molecule has 0 fully saturated rings. The van der Waals surface area contributed by atoms with Crippen LogP contribution in [-0.2, 0) is 0 Å². The van der Waals surface area contributed by atoms with Gasteiger partial charge in [-0.15, -0.1) is 0 Å². The van der Waals surface area contributed by atoms with Crippen LogP contribution in [0.15, 0.2) is 121 Å². The van der Waals surface area contributed by atoms with E-state index >= 15 is 0 Å². The van der Waals surface area contributed by atoms with E-state index in [4.69, 9.17) is 0 Å². The maximum absolute atomic E-state index is 2.74. The molecule has 0 atom stereocenters. The Bertz CT molecular complexity index is 1470. The van der Waals surface area contributed by atoms with Gasteiger partial charge in [-0.25, -0.2) is 0 Å². The van der Waals surface area contributed by atoms with Gasteiger partial charge in [0.15, 0.2) is 5.82 Å². The minimum atomic E-state index is -1.73. The van der Waals surface area contributed by atoms with Crippen LogP contribution in [0.1, 0.15) is 101 Å². The SMILES string of the molecule is [BH3-][P+](C=C1N(c2c(C(C)C)cccc2C(C)C)C=CN1c1c(C(C)C)cccc1C(C)C)(c1ccccc1)c1ccccc1. The second-order valence-electron chi connectivity index (χ2n) is 12.8. The molecule has 0 saturated heterocycles. The van der Waals surface area contributed by atoms with Gasteiger partial charge < -0.3 is 0 Å².